The molecule has 0 aromatic carbocycles. The molecule has 0 saturated carbocycles. The molecular formula is C11H17ClN2O2. The van der Waals surface area contributed by atoms with Crippen LogP contribution in [0.4, 0.5) is 0 Å². The number of nitrogens with one attached hydrogen (secondary N) is 1. The van der Waals surface area contributed by atoms with E-state index in [1.807, 2.05) is 0 Å². The molecule has 1 aromatic rings. The van der Waals surface area contributed by atoms with Crippen molar-refractivity contribution in [3.05, 3.63) is 23.7 Å². The highest BCUT2D eigenvalue weighted by Gasteiger charge is 2.00. The molecule has 0 aliphatic heterocycles. The third-order valence-corrected chi connectivity index (χ3v) is 2.40. The number of halogens is 1. The molecule has 1 rings (SSSR count). The summed E-state index contributed by atoms with van der Waals surface area (Å²) in [4.78, 5) is 10.4. The molecule has 16 heavy (non-hydrogen) atoms. The summed E-state index contributed by atoms with van der Waals surface area (Å²) < 4.78 is 5.21. The first-order chi connectivity index (χ1) is 7.72. The molecular weight excluding hydrogens is 228 g/mol. The normalized spacial score (nSPS) is 12.6. The summed E-state index contributed by atoms with van der Waals surface area (Å²) in [5.41, 5.74) is 5.18. The Kier molecular flexibility index (Phi) is 6.15. The lowest BCUT2D eigenvalue weighted by Crippen LogP contribution is -2.16. The molecule has 90 valence electrons. The van der Waals surface area contributed by atoms with Crippen LogP contribution < -0.4 is 11.1 Å². The Morgan fingerprint density at radius 1 is 1.50 bits per heavy atom. The van der Waals surface area contributed by atoms with Crippen LogP contribution in [0.25, 0.3) is 0 Å². The first-order valence-electron chi connectivity index (χ1n) is 5.36. The van der Waals surface area contributed by atoms with Crippen molar-refractivity contribution in [3.63, 3.8) is 0 Å². The summed E-state index contributed by atoms with van der Waals surface area (Å²) in [5.74, 6) is 1.14. The second kappa shape index (κ2) is 7.44. The zero-order valence-electron chi connectivity index (χ0n) is 9.12. The lowest BCUT2D eigenvalue weighted by Gasteiger charge is -2.04. The molecule has 1 unspecified atom stereocenters. The summed E-state index contributed by atoms with van der Waals surface area (Å²) in [6, 6.07) is 3.46. The van der Waals surface area contributed by atoms with E-state index in [-0.39, 0.29) is 5.50 Å². The van der Waals surface area contributed by atoms with Gasteiger partial charge in [0.15, 0.2) is 12.0 Å². The molecule has 5 heteroatoms. The van der Waals surface area contributed by atoms with Gasteiger partial charge in [-0.15, -0.1) is 11.6 Å². The van der Waals surface area contributed by atoms with Crippen molar-refractivity contribution in [2.24, 2.45) is 5.73 Å². The number of carbonyl (C=O) groups excluding carboxylic acids is 1. The van der Waals surface area contributed by atoms with Gasteiger partial charge in [-0.3, -0.25) is 4.79 Å². The van der Waals surface area contributed by atoms with Crippen LogP contribution in [-0.2, 0) is 6.54 Å². The highest BCUT2D eigenvalue weighted by Crippen LogP contribution is 2.05. The van der Waals surface area contributed by atoms with E-state index >= 15 is 0 Å². The first-order valence-corrected chi connectivity index (χ1v) is 5.80. The summed E-state index contributed by atoms with van der Waals surface area (Å²) in [5, 5.41) is 3.22. The van der Waals surface area contributed by atoms with E-state index in [2.05, 4.69) is 5.32 Å². The number of hydrogen-bond donors (Lipinski definition) is 2. The minimum absolute atomic E-state index is 0.236. The lowest BCUT2D eigenvalue weighted by atomic mass is 10.2. The Balaban J connectivity index is 2.04. The van der Waals surface area contributed by atoms with Gasteiger partial charge >= 0.3 is 0 Å². The van der Waals surface area contributed by atoms with E-state index in [0.29, 0.717) is 18.6 Å². The maximum atomic E-state index is 10.4. The van der Waals surface area contributed by atoms with E-state index in [0.717, 1.165) is 31.6 Å². The number of aldehydes is 1. The van der Waals surface area contributed by atoms with E-state index in [1.165, 1.54) is 0 Å². The smallest absolute Gasteiger partial charge is 0.185 e. The van der Waals surface area contributed by atoms with Gasteiger partial charge in [0.25, 0.3) is 0 Å². The van der Waals surface area contributed by atoms with Crippen LogP contribution in [0.3, 0.4) is 0 Å². The van der Waals surface area contributed by atoms with E-state index < -0.39 is 0 Å². The predicted octanol–water partition coefficient (Wildman–Crippen LogP) is 1.88. The van der Waals surface area contributed by atoms with Gasteiger partial charge in [0.2, 0.25) is 0 Å². The Labute approximate surface area is 100 Å². The van der Waals surface area contributed by atoms with Crippen LogP contribution in [0, 0.1) is 0 Å². The molecule has 0 spiro atoms. The second-order valence-corrected chi connectivity index (χ2v) is 4.17. The van der Waals surface area contributed by atoms with Gasteiger partial charge in [0, 0.05) is 0 Å². The van der Waals surface area contributed by atoms with Crippen LogP contribution in [0.2, 0.25) is 0 Å². The maximum Gasteiger partial charge on any atom is 0.185 e. The summed E-state index contributed by atoms with van der Waals surface area (Å²) in [7, 11) is 0. The Morgan fingerprint density at radius 3 is 2.94 bits per heavy atom. The molecule has 3 N–H and O–H groups in total. The average Bonchev–Trinajstić information content (AvgIpc) is 2.70. The van der Waals surface area contributed by atoms with Crippen LogP contribution in [0.1, 0.15) is 35.6 Å². The SMILES string of the molecule is NC(Cl)CCCCNCc1ccc(C=O)o1. The topological polar surface area (TPSA) is 68.3 Å². The summed E-state index contributed by atoms with van der Waals surface area (Å²) in [6.45, 7) is 1.53. The predicted molar refractivity (Wildman–Crippen MR) is 63.5 cm³/mol. The van der Waals surface area contributed by atoms with Crippen molar-refractivity contribution in [3.8, 4) is 0 Å². The molecule has 1 heterocycles. The van der Waals surface area contributed by atoms with Crippen LogP contribution >= 0.6 is 11.6 Å². The zero-order chi connectivity index (χ0) is 11.8. The van der Waals surface area contributed by atoms with E-state index in [4.69, 9.17) is 21.8 Å². The fourth-order valence-electron chi connectivity index (χ4n) is 1.35. The number of unbranched alkanes of at least 4 members (excludes halogenated alkanes) is 1. The molecule has 0 radical (unpaired) electrons. The van der Waals surface area contributed by atoms with Gasteiger partial charge in [0.05, 0.1) is 12.0 Å². The molecule has 4 nitrogen and oxygen atoms in total. The van der Waals surface area contributed by atoms with Gasteiger partial charge in [-0.2, -0.15) is 0 Å². The quantitative estimate of drug-likeness (QED) is 0.317. The highest BCUT2D eigenvalue weighted by molar-refractivity contribution is 6.20. The molecule has 0 aliphatic carbocycles. The van der Waals surface area contributed by atoms with Crippen molar-refractivity contribution >= 4 is 17.9 Å². The molecule has 0 fully saturated rings. The van der Waals surface area contributed by atoms with E-state index in [1.54, 1.807) is 12.1 Å². The molecule has 0 saturated heterocycles. The molecule has 0 aliphatic rings. The molecule has 0 amide bonds. The molecule has 0 bridgehead atoms. The third kappa shape index (κ3) is 5.30. The van der Waals surface area contributed by atoms with Crippen LogP contribution in [-0.4, -0.2) is 18.3 Å². The van der Waals surface area contributed by atoms with Gasteiger partial charge in [0.1, 0.15) is 5.76 Å². The van der Waals surface area contributed by atoms with Crippen LogP contribution in [0.5, 0.6) is 0 Å². The largest absolute Gasteiger partial charge is 0.457 e. The highest BCUT2D eigenvalue weighted by atomic mass is 35.5. The fraction of sp³-hybridized carbons (Fsp3) is 0.545. The second-order valence-electron chi connectivity index (χ2n) is 3.61. The third-order valence-electron chi connectivity index (χ3n) is 2.18. The van der Waals surface area contributed by atoms with E-state index in [9.17, 15) is 4.79 Å². The molecule has 1 aromatic heterocycles. The standard InChI is InChI=1S/C11H17ClN2O2/c12-11(13)3-1-2-6-14-7-9-4-5-10(8-15)16-9/h4-5,8,11,14H,1-3,6-7,13H2. The molecule has 1 atom stereocenters. The van der Waals surface area contributed by atoms with Gasteiger partial charge < -0.3 is 15.5 Å². The minimum Gasteiger partial charge on any atom is -0.457 e. The first kappa shape index (κ1) is 13.2. The number of carbonyl (C=O) groups is 1. The number of hydrogen-bond acceptors (Lipinski definition) is 4. The lowest BCUT2D eigenvalue weighted by molar-refractivity contribution is 0.109. The number of rotatable bonds is 8. The van der Waals surface area contributed by atoms with Crippen molar-refractivity contribution in [1.29, 1.82) is 0 Å². The van der Waals surface area contributed by atoms with Crippen molar-refractivity contribution in [2.45, 2.75) is 31.3 Å². The maximum absolute atomic E-state index is 10.4. The number of alkyl halides is 1. The minimum atomic E-state index is -0.236. The summed E-state index contributed by atoms with van der Waals surface area (Å²) in [6.07, 6.45) is 3.57. The Morgan fingerprint density at radius 2 is 2.31 bits per heavy atom. The number of furan rings is 1. The van der Waals surface area contributed by atoms with Crippen molar-refractivity contribution in [1.82, 2.24) is 5.32 Å². The number of nitrogens with two attached hydrogens (primary N) is 1. The monoisotopic (exact) mass is 244 g/mol. The zero-order valence-corrected chi connectivity index (χ0v) is 9.87. The summed E-state index contributed by atoms with van der Waals surface area (Å²) >= 11 is 5.61. The van der Waals surface area contributed by atoms with Crippen molar-refractivity contribution in [2.75, 3.05) is 6.54 Å². The average molecular weight is 245 g/mol. The van der Waals surface area contributed by atoms with Gasteiger partial charge in [-0.05, 0) is 37.9 Å². The van der Waals surface area contributed by atoms with Gasteiger partial charge in [-0.1, -0.05) is 0 Å². The fourth-order valence-corrected chi connectivity index (χ4v) is 1.51. The van der Waals surface area contributed by atoms with Gasteiger partial charge in [-0.25, -0.2) is 0 Å². The van der Waals surface area contributed by atoms with Crippen LogP contribution in [0.15, 0.2) is 16.5 Å². The Hall–Kier alpha value is -0.840. The van der Waals surface area contributed by atoms with Crippen molar-refractivity contribution < 1.29 is 9.21 Å². The Bertz CT molecular complexity index is 313.